The molecule has 31 heavy (non-hydrogen) atoms. The number of hydrogen-bond donors (Lipinski definition) is 0. The molecule has 4 rings (SSSR count). The molecular weight excluding hydrogens is 414 g/mol. The van der Waals surface area contributed by atoms with Crippen molar-refractivity contribution in [1.82, 2.24) is 4.98 Å². The fourth-order valence-corrected chi connectivity index (χ4v) is 5.75. The predicted molar refractivity (Wildman–Crippen MR) is 118 cm³/mol. The zero-order valence-electron chi connectivity index (χ0n) is 17.8. The number of aryl methyl sites for hydroxylation is 2. The van der Waals surface area contributed by atoms with Gasteiger partial charge < -0.3 is 9.47 Å². The van der Waals surface area contributed by atoms with Crippen molar-refractivity contribution < 1.29 is 22.7 Å². The van der Waals surface area contributed by atoms with Crippen LogP contribution in [0.4, 0.5) is 0 Å². The molecule has 3 aromatic rings. The SMILES string of the molecule is COc1ccc(C)cc1[C@@]1(C(=O)CS(=O)(=O)c2cccc3nc(C)ccc23)CCCO1. The Bertz CT molecular complexity index is 1260. The van der Waals surface area contributed by atoms with E-state index < -0.39 is 27.0 Å². The van der Waals surface area contributed by atoms with E-state index in [2.05, 4.69) is 4.98 Å². The van der Waals surface area contributed by atoms with Crippen LogP contribution >= 0.6 is 0 Å². The highest BCUT2D eigenvalue weighted by Gasteiger charge is 2.47. The molecule has 0 aliphatic carbocycles. The molecule has 2 aromatic carbocycles. The van der Waals surface area contributed by atoms with Gasteiger partial charge in [-0.1, -0.05) is 17.7 Å². The Morgan fingerprint density at radius 1 is 1.16 bits per heavy atom. The third kappa shape index (κ3) is 3.83. The predicted octanol–water partition coefficient (Wildman–Crippen LogP) is 3.91. The van der Waals surface area contributed by atoms with Gasteiger partial charge in [0.25, 0.3) is 0 Å². The monoisotopic (exact) mass is 439 g/mol. The number of pyridine rings is 1. The Morgan fingerprint density at radius 2 is 1.97 bits per heavy atom. The first-order valence-corrected chi connectivity index (χ1v) is 11.8. The van der Waals surface area contributed by atoms with E-state index in [4.69, 9.17) is 9.47 Å². The van der Waals surface area contributed by atoms with Gasteiger partial charge in [0.1, 0.15) is 11.5 Å². The lowest BCUT2D eigenvalue weighted by atomic mass is 9.85. The molecule has 6 nitrogen and oxygen atoms in total. The number of methoxy groups -OCH3 is 1. The molecule has 2 heterocycles. The summed E-state index contributed by atoms with van der Waals surface area (Å²) < 4.78 is 38.2. The Kier molecular flexibility index (Phi) is 5.58. The summed E-state index contributed by atoms with van der Waals surface area (Å²) in [5.41, 5.74) is 1.58. The van der Waals surface area contributed by atoms with Crippen molar-refractivity contribution in [2.75, 3.05) is 19.5 Å². The molecule has 1 aromatic heterocycles. The first-order valence-electron chi connectivity index (χ1n) is 10.2. The number of nitrogens with zero attached hydrogens (tertiary/aromatic N) is 1. The van der Waals surface area contributed by atoms with Crippen LogP contribution in [0.5, 0.6) is 5.75 Å². The van der Waals surface area contributed by atoms with Gasteiger partial charge in [-0.2, -0.15) is 0 Å². The van der Waals surface area contributed by atoms with E-state index in [0.717, 1.165) is 11.3 Å². The van der Waals surface area contributed by atoms with Gasteiger partial charge in [0.2, 0.25) is 0 Å². The van der Waals surface area contributed by atoms with Crippen molar-refractivity contribution >= 4 is 26.5 Å². The largest absolute Gasteiger partial charge is 0.496 e. The summed E-state index contributed by atoms with van der Waals surface area (Å²) in [6.45, 7) is 4.15. The molecule has 0 spiro atoms. The second-order valence-electron chi connectivity index (χ2n) is 7.94. The maximum Gasteiger partial charge on any atom is 0.186 e. The molecule has 1 aliphatic heterocycles. The number of carbonyl (C=O) groups excluding carboxylic acids is 1. The molecule has 0 N–H and O–H groups in total. The van der Waals surface area contributed by atoms with E-state index >= 15 is 0 Å². The highest BCUT2D eigenvalue weighted by Crippen LogP contribution is 2.42. The quantitative estimate of drug-likeness (QED) is 0.579. The fourth-order valence-electron chi connectivity index (χ4n) is 4.23. The third-order valence-electron chi connectivity index (χ3n) is 5.75. The van der Waals surface area contributed by atoms with Crippen LogP contribution in [0.15, 0.2) is 53.4 Å². The maximum atomic E-state index is 13.6. The van der Waals surface area contributed by atoms with Crippen molar-refractivity contribution in [3.8, 4) is 5.75 Å². The molecule has 0 saturated carbocycles. The lowest BCUT2D eigenvalue weighted by Crippen LogP contribution is -2.39. The molecule has 1 fully saturated rings. The Labute approximate surface area is 182 Å². The van der Waals surface area contributed by atoms with Crippen molar-refractivity contribution in [2.24, 2.45) is 0 Å². The van der Waals surface area contributed by atoms with Crippen molar-refractivity contribution in [1.29, 1.82) is 0 Å². The molecule has 7 heteroatoms. The summed E-state index contributed by atoms with van der Waals surface area (Å²) in [5, 5.41) is 0.510. The molecule has 0 amide bonds. The number of Topliss-reactive ketones (excluding diaryl/α,β-unsaturated/α-hetero) is 1. The van der Waals surface area contributed by atoms with Crippen molar-refractivity contribution in [3.63, 3.8) is 0 Å². The third-order valence-corrected chi connectivity index (χ3v) is 7.42. The summed E-state index contributed by atoms with van der Waals surface area (Å²) in [6, 6.07) is 14.0. The van der Waals surface area contributed by atoms with Crippen LogP contribution in [0.1, 0.15) is 29.7 Å². The Morgan fingerprint density at radius 3 is 2.68 bits per heavy atom. The number of fused-ring (bicyclic) bond motifs is 1. The van der Waals surface area contributed by atoms with Gasteiger partial charge in [-0.3, -0.25) is 9.78 Å². The number of rotatable bonds is 6. The van der Waals surface area contributed by atoms with Crippen LogP contribution < -0.4 is 4.74 Å². The van der Waals surface area contributed by atoms with E-state index in [0.29, 0.717) is 41.7 Å². The standard InChI is InChI=1S/C24H25NO5S/c1-16-8-11-21(29-3)19(14-16)24(12-5-13-30-24)23(26)15-31(27,28)22-7-4-6-20-18(22)10-9-17(2)25-20/h4,6-11,14H,5,12-13,15H2,1-3H3/t24-/m1/s1. The van der Waals surface area contributed by atoms with E-state index in [1.807, 2.05) is 26.0 Å². The zero-order valence-corrected chi connectivity index (χ0v) is 18.7. The second kappa shape index (κ2) is 8.05. The molecule has 1 aliphatic rings. The summed E-state index contributed by atoms with van der Waals surface area (Å²) in [7, 11) is -2.39. The Balaban J connectivity index is 1.77. The summed E-state index contributed by atoms with van der Waals surface area (Å²) in [5.74, 6) is -0.620. The topological polar surface area (TPSA) is 82.6 Å². The minimum absolute atomic E-state index is 0.107. The highest BCUT2D eigenvalue weighted by atomic mass is 32.2. The maximum absolute atomic E-state index is 13.6. The van der Waals surface area contributed by atoms with Gasteiger partial charge >= 0.3 is 0 Å². The number of carbonyl (C=O) groups is 1. The van der Waals surface area contributed by atoms with E-state index in [1.54, 1.807) is 30.3 Å². The van der Waals surface area contributed by atoms with Gasteiger partial charge in [0, 0.05) is 23.3 Å². The average molecular weight is 440 g/mol. The lowest BCUT2D eigenvalue weighted by molar-refractivity contribution is -0.137. The number of aromatic nitrogens is 1. The smallest absolute Gasteiger partial charge is 0.186 e. The van der Waals surface area contributed by atoms with Crippen LogP contribution in [-0.4, -0.2) is 38.7 Å². The first kappa shape index (κ1) is 21.5. The Hall–Kier alpha value is -2.77. The van der Waals surface area contributed by atoms with Gasteiger partial charge in [-0.25, -0.2) is 8.42 Å². The number of ether oxygens (including phenoxy) is 2. The van der Waals surface area contributed by atoms with Crippen molar-refractivity contribution in [3.05, 3.63) is 65.4 Å². The minimum atomic E-state index is -3.92. The fraction of sp³-hybridized carbons (Fsp3) is 0.333. The summed E-state index contributed by atoms with van der Waals surface area (Å²) >= 11 is 0. The van der Waals surface area contributed by atoms with Gasteiger partial charge in [0.05, 0.1) is 17.5 Å². The second-order valence-corrected chi connectivity index (χ2v) is 9.90. The normalized spacial score (nSPS) is 18.9. The summed E-state index contributed by atoms with van der Waals surface area (Å²) in [4.78, 5) is 18.1. The van der Waals surface area contributed by atoms with E-state index in [1.165, 1.54) is 13.2 Å². The van der Waals surface area contributed by atoms with Crippen LogP contribution in [0.25, 0.3) is 10.9 Å². The van der Waals surface area contributed by atoms with E-state index in [-0.39, 0.29) is 4.90 Å². The molecule has 0 bridgehead atoms. The number of sulfone groups is 1. The van der Waals surface area contributed by atoms with Gasteiger partial charge in [-0.05, 0) is 63.1 Å². The lowest BCUT2D eigenvalue weighted by Gasteiger charge is -2.29. The van der Waals surface area contributed by atoms with Crippen LogP contribution in [0.3, 0.4) is 0 Å². The number of benzene rings is 2. The van der Waals surface area contributed by atoms with Gasteiger partial charge in [0.15, 0.2) is 21.2 Å². The van der Waals surface area contributed by atoms with Crippen LogP contribution in [0, 0.1) is 13.8 Å². The molecule has 1 saturated heterocycles. The molecular formula is C24H25NO5S. The number of hydrogen-bond acceptors (Lipinski definition) is 6. The molecule has 0 radical (unpaired) electrons. The van der Waals surface area contributed by atoms with Crippen molar-refractivity contribution in [2.45, 2.75) is 37.2 Å². The average Bonchev–Trinajstić information content (AvgIpc) is 3.24. The highest BCUT2D eigenvalue weighted by molar-refractivity contribution is 7.92. The first-order chi connectivity index (χ1) is 14.8. The molecule has 162 valence electrons. The number of ketones is 1. The molecule has 0 unspecified atom stereocenters. The molecule has 1 atom stereocenters. The minimum Gasteiger partial charge on any atom is -0.496 e. The zero-order chi connectivity index (χ0) is 22.2. The van der Waals surface area contributed by atoms with E-state index in [9.17, 15) is 13.2 Å². The van der Waals surface area contributed by atoms with Crippen LogP contribution in [0.2, 0.25) is 0 Å². The van der Waals surface area contributed by atoms with Gasteiger partial charge in [-0.15, -0.1) is 0 Å². The van der Waals surface area contributed by atoms with Crippen LogP contribution in [-0.2, 0) is 25.0 Å². The summed E-state index contributed by atoms with van der Waals surface area (Å²) in [6.07, 6.45) is 1.08.